The largest absolute Gasteiger partial charge is 0.416 e. The van der Waals surface area contributed by atoms with Crippen molar-refractivity contribution in [1.29, 1.82) is 0 Å². The van der Waals surface area contributed by atoms with Gasteiger partial charge in [-0.3, -0.25) is 4.79 Å². The van der Waals surface area contributed by atoms with Gasteiger partial charge < -0.3 is 10.0 Å². The molecule has 1 saturated heterocycles. The molecule has 2 aromatic carbocycles. The number of carbonyl (C=O) groups excluding carboxylic acids is 1. The molecule has 0 unspecified atom stereocenters. The number of benzene rings is 2. The lowest BCUT2D eigenvalue weighted by molar-refractivity contribution is -0.141. The van der Waals surface area contributed by atoms with E-state index in [9.17, 15) is 31.5 Å². The molecule has 1 aliphatic rings. The number of aliphatic hydroxyl groups excluding tert-OH is 1. The van der Waals surface area contributed by atoms with Crippen LogP contribution in [0.1, 0.15) is 37.8 Å². The van der Waals surface area contributed by atoms with E-state index in [0.717, 1.165) is 17.7 Å². The van der Waals surface area contributed by atoms with Crippen molar-refractivity contribution in [1.82, 2.24) is 4.90 Å². The van der Waals surface area contributed by atoms with Crippen LogP contribution in [0.5, 0.6) is 0 Å². The van der Waals surface area contributed by atoms with Crippen LogP contribution in [0.15, 0.2) is 59.5 Å². The van der Waals surface area contributed by atoms with Gasteiger partial charge in [0.1, 0.15) is 6.10 Å². The number of halogens is 3. The van der Waals surface area contributed by atoms with E-state index in [1.54, 1.807) is 0 Å². The number of hydrogen-bond donors (Lipinski definition) is 1. The van der Waals surface area contributed by atoms with Gasteiger partial charge in [0, 0.05) is 19.5 Å². The second-order valence-electron chi connectivity index (χ2n) is 8.94. The van der Waals surface area contributed by atoms with E-state index in [2.05, 4.69) is 0 Å². The molecule has 0 bridgehead atoms. The highest BCUT2D eigenvalue weighted by Gasteiger charge is 2.45. The van der Waals surface area contributed by atoms with Gasteiger partial charge in [-0.1, -0.05) is 36.4 Å². The number of hydrogen-bond acceptors (Lipinski definition) is 4. The predicted octanol–water partition coefficient (Wildman–Crippen LogP) is 4.10. The van der Waals surface area contributed by atoms with Crippen LogP contribution in [-0.4, -0.2) is 48.3 Å². The quantitative estimate of drug-likeness (QED) is 0.672. The van der Waals surface area contributed by atoms with Gasteiger partial charge in [0.25, 0.3) is 5.91 Å². The van der Waals surface area contributed by atoms with Crippen molar-refractivity contribution in [3.63, 3.8) is 0 Å². The average Bonchev–Trinajstić information content (AvgIpc) is 2.78. The molecule has 1 amide bonds. The Hall–Kier alpha value is -2.39. The SMILES string of the molecule is CC(C)(C1CCN(C(=O)[C@@H](O)Cc2ccccc2)CC1)S(=O)(=O)c1cccc(C(F)(F)F)c1. The maximum absolute atomic E-state index is 13.3. The smallest absolute Gasteiger partial charge is 0.383 e. The Morgan fingerprint density at radius 2 is 1.67 bits per heavy atom. The van der Waals surface area contributed by atoms with Crippen LogP contribution in [0, 0.1) is 5.92 Å². The number of amides is 1. The summed E-state index contributed by atoms with van der Waals surface area (Å²) >= 11 is 0. The highest BCUT2D eigenvalue weighted by molar-refractivity contribution is 7.92. The fraction of sp³-hybridized carbons (Fsp3) is 0.458. The van der Waals surface area contributed by atoms with E-state index in [4.69, 9.17) is 0 Å². The zero-order chi connectivity index (χ0) is 24.4. The lowest BCUT2D eigenvalue weighted by atomic mass is 9.85. The maximum atomic E-state index is 13.3. The fourth-order valence-electron chi connectivity index (χ4n) is 4.29. The third-order valence-corrected chi connectivity index (χ3v) is 9.10. The summed E-state index contributed by atoms with van der Waals surface area (Å²) in [5, 5.41) is 10.3. The molecule has 33 heavy (non-hydrogen) atoms. The molecule has 1 aliphatic heterocycles. The van der Waals surface area contributed by atoms with Gasteiger partial charge in [-0.25, -0.2) is 8.42 Å². The highest BCUT2D eigenvalue weighted by Crippen LogP contribution is 2.39. The first-order valence-corrected chi connectivity index (χ1v) is 12.2. The first kappa shape index (κ1) is 25.2. The Morgan fingerprint density at radius 3 is 2.24 bits per heavy atom. The Bertz CT molecular complexity index is 1080. The third kappa shape index (κ3) is 5.41. The molecule has 0 spiro atoms. The van der Waals surface area contributed by atoms with Crippen LogP contribution in [-0.2, 0) is 27.2 Å². The minimum absolute atomic E-state index is 0.190. The standard InChI is InChI=1S/C24H28F3NO4S/c1-23(2,33(31,32)20-10-6-9-19(16-20)24(25,26)27)18-11-13-28(14-12-18)22(30)21(29)15-17-7-4-3-5-8-17/h3-10,16,18,21,29H,11-15H2,1-2H3/t21-/m0/s1. The van der Waals surface area contributed by atoms with Crippen molar-refractivity contribution >= 4 is 15.7 Å². The molecule has 3 rings (SSSR count). The Morgan fingerprint density at radius 1 is 1.06 bits per heavy atom. The van der Waals surface area contributed by atoms with Crippen molar-refractivity contribution in [2.75, 3.05) is 13.1 Å². The second kappa shape index (κ2) is 9.46. The minimum atomic E-state index is -4.64. The minimum Gasteiger partial charge on any atom is -0.383 e. The first-order chi connectivity index (χ1) is 15.3. The van der Waals surface area contributed by atoms with E-state index in [1.807, 2.05) is 30.3 Å². The third-order valence-electron chi connectivity index (χ3n) is 6.51. The van der Waals surface area contributed by atoms with Gasteiger partial charge >= 0.3 is 6.18 Å². The van der Waals surface area contributed by atoms with Gasteiger partial charge in [0.15, 0.2) is 9.84 Å². The van der Waals surface area contributed by atoms with E-state index < -0.39 is 38.3 Å². The van der Waals surface area contributed by atoms with E-state index in [1.165, 1.54) is 24.8 Å². The molecule has 180 valence electrons. The molecule has 1 heterocycles. The van der Waals surface area contributed by atoms with Gasteiger partial charge in [-0.2, -0.15) is 13.2 Å². The van der Waals surface area contributed by atoms with Gasteiger partial charge in [-0.15, -0.1) is 0 Å². The van der Waals surface area contributed by atoms with Crippen LogP contribution in [0.3, 0.4) is 0 Å². The van der Waals surface area contributed by atoms with Gasteiger partial charge in [0.2, 0.25) is 0 Å². The van der Waals surface area contributed by atoms with Gasteiger partial charge in [0.05, 0.1) is 15.2 Å². The summed E-state index contributed by atoms with van der Waals surface area (Å²) in [6, 6.07) is 12.9. The molecule has 2 aromatic rings. The van der Waals surface area contributed by atoms with Crippen molar-refractivity contribution in [3.8, 4) is 0 Å². The molecular formula is C24H28F3NO4S. The van der Waals surface area contributed by atoms with Crippen molar-refractivity contribution in [3.05, 3.63) is 65.7 Å². The van der Waals surface area contributed by atoms with E-state index in [-0.39, 0.29) is 30.3 Å². The summed E-state index contributed by atoms with van der Waals surface area (Å²) in [5.41, 5.74) is -0.172. The number of piperidine rings is 1. The van der Waals surface area contributed by atoms with Crippen molar-refractivity contribution in [2.24, 2.45) is 5.92 Å². The highest BCUT2D eigenvalue weighted by atomic mass is 32.2. The topological polar surface area (TPSA) is 74.7 Å². The predicted molar refractivity (Wildman–Crippen MR) is 118 cm³/mol. The zero-order valence-electron chi connectivity index (χ0n) is 18.5. The average molecular weight is 484 g/mol. The molecule has 1 fully saturated rings. The number of rotatable bonds is 6. The van der Waals surface area contributed by atoms with Crippen LogP contribution in [0.25, 0.3) is 0 Å². The second-order valence-corrected chi connectivity index (χ2v) is 11.5. The monoisotopic (exact) mass is 483 g/mol. The Balaban J connectivity index is 1.68. The van der Waals surface area contributed by atoms with Crippen LogP contribution < -0.4 is 0 Å². The Kier molecular flexibility index (Phi) is 7.24. The molecule has 1 atom stereocenters. The molecule has 0 radical (unpaired) electrons. The molecule has 0 aliphatic carbocycles. The lowest BCUT2D eigenvalue weighted by Gasteiger charge is -2.40. The first-order valence-electron chi connectivity index (χ1n) is 10.8. The lowest BCUT2D eigenvalue weighted by Crippen LogP contribution is -2.50. The summed E-state index contributed by atoms with van der Waals surface area (Å²) in [7, 11) is -4.07. The zero-order valence-corrected chi connectivity index (χ0v) is 19.4. The number of carbonyl (C=O) groups is 1. The summed E-state index contributed by atoms with van der Waals surface area (Å²) in [4.78, 5) is 13.8. The van der Waals surface area contributed by atoms with Gasteiger partial charge in [-0.05, 0) is 56.4 Å². The maximum Gasteiger partial charge on any atom is 0.416 e. The van der Waals surface area contributed by atoms with Crippen molar-refractivity contribution < 1.29 is 31.5 Å². The molecule has 1 N–H and O–H groups in total. The van der Waals surface area contributed by atoms with Crippen molar-refractivity contribution in [2.45, 2.75) is 55.0 Å². The van der Waals surface area contributed by atoms with E-state index in [0.29, 0.717) is 18.9 Å². The molecular weight excluding hydrogens is 455 g/mol. The van der Waals surface area contributed by atoms with Crippen LogP contribution in [0.4, 0.5) is 13.2 Å². The van der Waals surface area contributed by atoms with Crippen LogP contribution >= 0.6 is 0 Å². The number of alkyl halides is 3. The number of sulfone groups is 1. The fourth-order valence-corrected chi connectivity index (χ4v) is 6.12. The summed E-state index contributed by atoms with van der Waals surface area (Å²) < 4.78 is 64.4. The number of likely N-dealkylation sites (tertiary alicyclic amines) is 1. The number of aliphatic hydroxyl groups is 1. The molecule has 0 saturated carbocycles. The van der Waals surface area contributed by atoms with Crippen LogP contribution in [0.2, 0.25) is 0 Å². The summed E-state index contributed by atoms with van der Waals surface area (Å²) in [6.07, 6.45) is -4.90. The summed E-state index contributed by atoms with van der Waals surface area (Å²) in [6.45, 7) is 3.60. The molecule has 5 nitrogen and oxygen atoms in total. The Labute approximate surface area is 192 Å². The normalized spacial score (nSPS) is 17.1. The molecule has 9 heteroatoms. The number of nitrogens with zero attached hydrogens (tertiary/aromatic N) is 1. The van der Waals surface area contributed by atoms with E-state index >= 15 is 0 Å². The molecule has 0 aromatic heterocycles. The summed E-state index contributed by atoms with van der Waals surface area (Å²) in [5.74, 6) is -0.761.